The molecule has 4 nitrogen and oxygen atoms in total. The summed E-state index contributed by atoms with van der Waals surface area (Å²) in [6, 6.07) is 83.1. The van der Waals surface area contributed by atoms with Crippen molar-refractivity contribution in [3.8, 4) is 33.6 Å². The minimum Gasteiger partial charge on any atom is -0.659 e. The van der Waals surface area contributed by atoms with Crippen LogP contribution in [0.2, 0.25) is 0 Å². The van der Waals surface area contributed by atoms with Gasteiger partial charge in [-0.1, -0.05) is 176 Å². The SMILES string of the molecule is c1ccc(-c2ccc(C3N=C(c4cccc(-n5c6ccccc6c6ccc(-c7ccc8c(c7)c7ccccc7n8-c7ccccc7)cc65)c4)c4ccc5ccccc5c4[N-]3)cc2)cc1. The summed E-state index contributed by atoms with van der Waals surface area (Å²) in [6.07, 6.45) is -0.392. The van der Waals surface area contributed by atoms with E-state index < -0.39 is 6.17 Å². The number of para-hydroxylation sites is 3. The first-order valence-electron chi connectivity index (χ1n) is 21.9. The second kappa shape index (κ2) is 14.6. The van der Waals surface area contributed by atoms with Gasteiger partial charge in [-0.15, -0.1) is 5.69 Å². The molecule has 12 aromatic rings. The normalized spacial score (nSPS) is 13.7. The van der Waals surface area contributed by atoms with Crippen LogP contribution in [-0.2, 0) is 0 Å². The number of rotatable bonds is 6. The summed E-state index contributed by atoms with van der Waals surface area (Å²) in [6.45, 7) is 0. The van der Waals surface area contributed by atoms with Crippen LogP contribution >= 0.6 is 0 Å². The lowest BCUT2D eigenvalue weighted by molar-refractivity contribution is 0.874. The topological polar surface area (TPSA) is 36.3 Å². The Labute approximate surface area is 370 Å². The Bertz CT molecular complexity index is 3800. The zero-order valence-corrected chi connectivity index (χ0v) is 34.8. The predicted octanol–water partition coefficient (Wildman–Crippen LogP) is 15.9. The van der Waals surface area contributed by atoms with Crippen LogP contribution in [-0.4, -0.2) is 14.8 Å². The molecule has 1 atom stereocenters. The smallest absolute Gasteiger partial charge is 0.0696 e. The molecule has 4 heteroatoms. The van der Waals surface area contributed by atoms with Crippen LogP contribution < -0.4 is 0 Å². The molecule has 0 saturated carbocycles. The van der Waals surface area contributed by atoms with E-state index in [4.69, 9.17) is 10.3 Å². The van der Waals surface area contributed by atoms with Gasteiger partial charge in [0.15, 0.2) is 0 Å². The van der Waals surface area contributed by atoms with Gasteiger partial charge in [0.25, 0.3) is 0 Å². The van der Waals surface area contributed by atoms with Crippen molar-refractivity contribution in [1.82, 2.24) is 9.13 Å². The molecule has 0 radical (unpaired) electrons. The van der Waals surface area contributed by atoms with Crippen LogP contribution in [0.4, 0.5) is 5.69 Å². The Morgan fingerprint density at radius 3 is 1.70 bits per heavy atom. The lowest BCUT2D eigenvalue weighted by Gasteiger charge is -2.39. The van der Waals surface area contributed by atoms with Crippen molar-refractivity contribution in [3.05, 3.63) is 253 Å². The molecule has 3 heterocycles. The van der Waals surface area contributed by atoms with Crippen LogP contribution in [0.25, 0.3) is 93.3 Å². The van der Waals surface area contributed by atoms with Crippen molar-refractivity contribution in [3.63, 3.8) is 0 Å². The Morgan fingerprint density at radius 1 is 0.344 bits per heavy atom. The zero-order valence-electron chi connectivity index (χ0n) is 34.8. The van der Waals surface area contributed by atoms with E-state index in [0.29, 0.717) is 0 Å². The second-order valence-electron chi connectivity index (χ2n) is 16.7. The number of hydrogen-bond donors (Lipinski definition) is 0. The Morgan fingerprint density at radius 2 is 0.906 bits per heavy atom. The second-order valence-corrected chi connectivity index (χ2v) is 16.7. The quantitative estimate of drug-likeness (QED) is 0.160. The molecule has 0 saturated heterocycles. The Balaban J connectivity index is 0.954. The highest BCUT2D eigenvalue weighted by Gasteiger charge is 2.20. The van der Waals surface area contributed by atoms with Crippen LogP contribution in [0, 0.1) is 0 Å². The van der Waals surface area contributed by atoms with Gasteiger partial charge in [0, 0.05) is 44.6 Å². The van der Waals surface area contributed by atoms with Crippen molar-refractivity contribution < 1.29 is 0 Å². The molecule has 13 rings (SSSR count). The molecule has 0 amide bonds. The molecule has 1 aliphatic heterocycles. The number of aromatic nitrogens is 2. The predicted molar refractivity (Wildman–Crippen MR) is 268 cm³/mol. The molecular formula is C60H39N4-. The lowest BCUT2D eigenvalue weighted by atomic mass is 9.93. The fraction of sp³-hybridized carbons (Fsp3) is 0.0167. The first-order valence-corrected chi connectivity index (χ1v) is 21.9. The summed E-state index contributed by atoms with van der Waals surface area (Å²) in [4.78, 5) is 5.48. The molecule has 1 unspecified atom stereocenters. The molecular weight excluding hydrogens is 777 g/mol. The summed E-state index contributed by atoms with van der Waals surface area (Å²) in [5.74, 6) is 0. The molecule has 300 valence electrons. The average Bonchev–Trinajstić information content (AvgIpc) is 3.89. The zero-order chi connectivity index (χ0) is 42.1. The molecule has 1 aliphatic rings. The fourth-order valence-corrected chi connectivity index (χ4v) is 10.0. The van der Waals surface area contributed by atoms with E-state index in [9.17, 15) is 0 Å². The van der Waals surface area contributed by atoms with E-state index in [0.717, 1.165) is 55.9 Å². The van der Waals surface area contributed by atoms with Gasteiger partial charge in [-0.05, 0) is 98.8 Å². The molecule has 0 fully saturated rings. The van der Waals surface area contributed by atoms with Crippen molar-refractivity contribution in [2.24, 2.45) is 4.99 Å². The molecule has 0 aliphatic carbocycles. The minimum absolute atomic E-state index is 0.392. The third-order valence-corrected chi connectivity index (χ3v) is 13.0. The Hall–Kier alpha value is -8.47. The van der Waals surface area contributed by atoms with Gasteiger partial charge in [-0.25, -0.2) is 0 Å². The number of aliphatic imine (C=N–C) groups is 1. The van der Waals surface area contributed by atoms with Crippen LogP contribution in [0.1, 0.15) is 22.9 Å². The fourth-order valence-electron chi connectivity index (χ4n) is 10.0. The van der Waals surface area contributed by atoms with Gasteiger partial charge in [-0.2, -0.15) is 0 Å². The van der Waals surface area contributed by atoms with Gasteiger partial charge in [0.1, 0.15) is 0 Å². The third-order valence-electron chi connectivity index (χ3n) is 13.0. The summed E-state index contributed by atoms with van der Waals surface area (Å²) < 4.78 is 4.80. The largest absolute Gasteiger partial charge is 0.659 e. The van der Waals surface area contributed by atoms with Crippen molar-refractivity contribution >= 4 is 65.8 Å². The van der Waals surface area contributed by atoms with Crippen molar-refractivity contribution in [1.29, 1.82) is 0 Å². The van der Waals surface area contributed by atoms with Crippen molar-refractivity contribution in [2.75, 3.05) is 0 Å². The third kappa shape index (κ3) is 5.80. The molecule has 0 spiro atoms. The van der Waals surface area contributed by atoms with Crippen molar-refractivity contribution in [2.45, 2.75) is 6.17 Å². The van der Waals surface area contributed by atoms with Gasteiger partial charge < -0.3 is 14.5 Å². The van der Waals surface area contributed by atoms with Gasteiger partial charge in [0.2, 0.25) is 0 Å². The van der Waals surface area contributed by atoms with E-state index in [1.54, 1.807) is 0 Å². The van der Waals surface area contributed by atoms with E-state index in [-0.39, 0.29) is 0 Å². The first-order chi connectivity index (χ1) is 31.7. The van der Waals surface area contributed by atoms with Crippen LogP contribution in [0.5, 0.6) is 0 Å². The Kier molecular flexibility index (Phi) is 8.25. The number of fused-ring (bicyclic) bond motifs is 9. The maximum absolute atomic E-state index is 5.48. The van der Waals surface area contributed by atoms with E-state index in [1.807, 2.05) is 0 Å². The van der Waals surface area contributed by atoms with Gasteiger partial charge in [0.05, 0.1) is 27.8 Å². The number of nitrogens with zero attached hydrogens (tertiary/aromatic N) is 4. The summed E-state index contributed by atoms with van der Waals surface area (Å²) >= 11 is 0. The highest BCUT2D eigenvalue weighted by atomic mass is 15.1. The summed E-state index contributed by atoms with van der Waals surface area (Å²) in [5, 5.41) is 12.6. The van der Waals surface area contributed by atoms with Crippen LogP contribution in [0.15, 0.2) is 236 Å². The lowest BCUT2D eigenvalue weighted by Crippen LogP contribution is -2.13. The van der Waals surface area contributed by atoms with Gasteiger partial charge >= 0.3 is 0 Å². The first kappa shape index (κ1) is 36.2. The van der Waals surface area contributed by atoms with Gasteiger partial charge in [-0.3, -0.25) is 4.99 Å². The highest BCUT2D eigenvalue weighted by Crippen LogP contribution is 2.46. The molecule has 0 N–H and O–H groups in total. The average molecular weight is 816 g/mol. The summed E-state index contributed by atoms with van der Waals surface area (Å²) in [7, 11) is 0. The number of hydrogen-bond acceptors (Lipinski definition) is 1. The van der Waals surface area contributed by atoms with E-state index >= 15 is 0 Å². The summed E-state index contributed by atoms with van der Waals surface area (Å²) in [5.41, 5.74) is 16.8. The minimum atomic E-state index is -0.392. The van der Waals surface area contributed by atoms with E-state index in [2.05, 4.69) is 240 Å². The molecule has 10 aromatic carbocycles. The van der Waals surface area contributed by atoms with E-state index in [1.165, 1.54) is 60.2 Å². The van der Waals surface area contributed by atoms with Crippen LogP contribution in [0.3, 0.4) is 0 Å². The molecule has 2 aromatic heterocycles. The highest BCUT2D eigenvalue weighted by molar-refractivity contribution is 6.21. The maximum Gasteiger partial charge on any atom is 0.0696 e. The maximum atomic E-state index is 5.48. The molecule has 64 heavy (non-hydrogen) atoms. The monoisotopic (exact) mass is 815 g/mol. The standard InChI is InChI=1S/C60H39N4/c1-3-14-39(15-4-1)40-26-28-42(29-27-40)60-61-58(52-34-30-41-16-7-8-21-48(41)59(52)62-60)45-17-13-20-47(36-45)64-54-24-11-9-22-49(54)51-33-31-44(38-57(51)64)43-32-35-56-53(37-43)50-23-10-12-25-55(50)63(56)46-18-5-2-6-19-46/h1-38,60H/q-1. The molecule has 0 bridgehead atoms. The number of benzene rings is 10.